The number of aromatic nitrogens is 1. The number of aliphatic hydroxyl groups excluding tert-OH is 1. The van der Waals surface area contributed by atoms with Gasteiger partial charge in [0, 0.05) is 55.7 Å². The molecule has 65 heavy (non-hydrogen) atoms. The molecule has 4 rings (SSSR count). The standard InChI is InChI=1S/C47H66N8O10/c1-3-4-5-6-7-8-9-10-14-21-40(58)51-35(22-23-39(48)57)43(60)55-42-30(2)65-47(64)37(26-31-17-12-11-13-18-31)53-45(62)38(29-56)54-44(61)36(52-41(59)24-25-49-46(42)63)27-32-28-50-34-20-16-15-19-33(32)34/h11-13,15-20,28,30,35-38,42,50,56H,3-10,14,21-27,29H2,1-2H3,(H2,48,57)(H,49,63)(H,51,58)(H,52,59)(H,53,62)(H,54,61)(H,55,60). The number of para-hydroxylation sites is 1. The van der Waals surface area contributed by atoms with Gasteiger partial charge < -0.3 is 52.5 Å². The molecule has 0 aliphatic carbocycles. The third-order valence-corrected chi connectivity index (χ3v) is 11.3. The van der Waals surface area contributed by atoms with E-state index in [4.69, 9.17) is 10.5 Å². The van der Waals surface area contributed by atoms with E-state index >= 15 is 0 Å². The number of benzene rings is 2. The first-order valence-corrected chi connectivity index (χ1v) is 22.8. The van der Waals surface area contributed by atoms with Gasteiger partial charge in [0.15, 0.2) is 0 Å². The van der Waals surface area contributed by atoms with Crippen LogP contribution in [0, 0.1) is 0 Å². The number of amides is 7. The molecule has 0 radical (unpaired) electrons. The number of carbonyl (C=O) groups excluding carboxylic acids is 8. The lowest BCUT2D eigenvalue weighted by atomic mass is 10.0. The number of primary amides is 1. The minimum atomic E-state index is -1.60. The number of aromatic amines is 1. The van der Waals surface area contributed by atoms with Gasteiger partial charge in [0.2, 0.25) is 41.4 Å². The Labute approximate surface area is 379 Å². The quantitative estimate of drug-likeness (QED) is 0.0554. The Hall–Kier alpha value is -6.30. The van der Waals surface area contributed by atoms with Crippen LogP contribution >= 0.6 is 0 Å². The fourth-order valence-corrected chi connectivity index (χ4v) is 7.59. The van der Waals surface area contributed by atoms with Crippen LogP contribution < -0.4 is 37.6 Å². The summed E-state index contributed by atoms with van der Waals surface area (Å²) in [5.41, 5.74) is 7.48. The van der Waals surface area contributed by atoms with Crippen molar-refractivity contribution in [2.24, 2.45) is 5.73 Å². The Morgan fingerprint density at radius 3 is 2.12 bits per heavy atom. The molecule has 10 N–H and O–H groups in total. The molecule has 7 amide bonds. The average Bonchev–Trinajstić information content (AvgIpc) is 3.69. The third kappa shape index (κ3) is 17.3. The Morgan fingerprint density at radius 2 is 1.43 bits per heavy atom. The number of nitrogens with two attached hydrogens (primary N) is 1. The first kappa shape index (κ1) is 51.3. The molecule has 0 bridgehead atoms. The summed E-state index contributed by atoms with van der Waals surface area (Å²) < 4.78 is 5.76. The van der Waals surface area contributed by atoms with E-state index in [1.807, 2.05) is 24.3 Å². The van der Waals surface area contributed by atoms with Crippen LogP contribution in [-0.4, -0.2) is 107 Å². The van der Waals surface area contributed by atoms with Gasteiger partial charge in [-0.15, -0.1) is 0 Å². The second-order valence-electron chi connectivity index (χ2n) is 16.6. The molecule has 6 unspecified atom stereocenters. The van der Waals surface area contributed by atoms with Crippen LogP contribution in [0.2, 0.25) is 0 Å². The van der Waals surface area contributed by atoms with Gasteiger partial charge in [0.25, 0.3) is 0 Å². The molecule has 354 valence electrons. The third-order valence-electron chi connectivity index (χ3n) is 11.3. The number of carbonyl (C=O) groups is 8. The van der Waals surface area contributed by atoms with Crippen LogP contribution in [0.5, 0.6) is 0 Å². The SMILES string of the molecule is CCCCCCCCCCCC(=O)NC(CCC(N)=O)C(=O)NC1C(=O)NCCC(=O)NC(Cc2c[nH]c3ccccc23)C(=O)NC(CO)C(=O)NC(Cc2ccccc2)C(=O)OC1C. The maximum atomic E-state index is 14.0. The molecule has 6 atom stereocenters. The van der Waals surface area contributed by atoms with Crippen molar-refractivity contribution in [1.82, 2.24) is 36.9 Å². The number of fused-ring (bicyclic) bond motifs is 1. The molecular formula is C47H66N8O10. The van der Waals surface area contributed by atoms with Gasteiger partial charge in [-0.25, -0.2) is 4.79 Å². The number of cyclic esters (lactones) is 1. The van der Waals surface area contributed by atoms with Crippen LogP contribution in [0.1, 0.15) is 108 Å². The molecule has 1 aliphatic heterocycles. The highest BCUT2D eigenvalue weighted by Crippen LogP contribution is 2.20. The minimum Gasteiger partial charge on any atom is -0.458 e. The predicted molar refractivity (Wildman–Crippen MR) is 242 cm³/mol. The molecule has 1 saturated heterocycles. The van der Waals surface area contributed by atoms with Crippen LogP contribution in [0.25, 0.3) is 10.9 Å². The molecule has 0 saturated carbocycles. The Balaban J connectivity index is 1.56. The summed E-state index contributed by atoms with van der Waals surface area (Å²) in [5.74, 6) is -6.26. The summed E-state index contributed by atoms with van der Waals surface area (Å²) in [6.07, 6.45) is 8.88. The Kier molecular flexibility index (Phi) is 21.4. The van der Waals surface area contributed by atoms with Gasteiger partial charge in [-0.1, -0.05) is 107 Å². The number of ether oxygens (including phenoxy) is 1. The molecule has 1 aliphatic rings. The molecule has 1 fully saturated rings. The Morgan fingerprint density at radius 1 is 0.785 bits per heavy atom. The molecule has 18 nitrogen and oxygen atoms in total. The zero-order valence-electron chi connectivity index (χ0n) is 37.5. The first-order chi connectivity index (χ1) is 31.3. The van der Waals surface area contributed by atoms with Crippen molar-refractivity contribution in [3.8, 4) is 0 Å². The second kappa shape index (κ2) is 27.1. The van der Waals surface area contributed by atoms with E-state index in [9.17, 15) is 43.5 Å². The smallest absolute Gasteiger partial charge is 0.329 e. The van der Waals surface area contributed by atoms with E-state index in [1.54, 1.807) is 36.5 Å². The number of H-pyrrole nitrogens is 1. The molecule has 1 aromatic heterocycles. The topological polar surface area (TPSA) is 280 Å². The van der Waals surface area contributed by atoms with E-state index in [0.717, 1.165) is 36.6 Å². The second-order valence-corrected chi connectivity index (χ2v) is 16.6. The largest absolute Gasteiger partial charge is 0.458 e. The van der Waals surface area contributed by atoms with Crippen LogP contribution in [-0.2, 0) is 55.9 Å². The predicted octanol–water partition coefficient (Wildman–Crippen LogP) is 2.01. The zero-order valence-corrected chi connectivity index (χ0v) is 37.5. The fourth-order valence-electron chi connectivity index (χ4n) is 7.59. The highest BCUT2D eigenvalue weighted by molar-refractivity contribution is 5.96. The maximum absolute atomic E-state index is 14.0. The average molecular weight is 903 g/mol. The van der Waals surface area contributed by atoms with Crippen molar-refractivity contribution in [3.05, 3.63) is 71.9 Å². The fraction of sp³-hybridized carbons (Fsp3) is 0.532. The first-order valence-electron chi connectivity index (χ1n) is 22.8. The lowest BCUT2D eigenvalue weighted by molar-refractivity contribution is -0.156. The summed E-state index contributed by atoms with van der Waals surface area (Å²) in [4.78, 5) is 111. The zero-order chi connectivity index (χ0) is 47.1. The summed E-state index contributed by atoms with van der Waals surface area (Å²) in [6.45, 7) is 2.36. The molecule has 2 heterocycles. The number of rotatable bonds is 21. The lowest BCUT2D eigenvalue weighted by Gasteiger charge is -2.28. The van der Waals surface area contributed by atoms with Crippen LogP contribution in [0.3, 0.4) is 0 Å². The van der Waals surface area contributed by atoms with Gasteiger partial charge >= 0.3 is 5.97 Å². The van der Waals surface area contributed by atoms with Crippen LogP contribution in [0.15, 0.2) is 60.8 Å². The van der Waals surface area contributed by atoms with Crippen LogP contribution in [0.4, 0.5) is 0 Å². The molecule has 18 heteroatoms. The number of aliphatic hydroxyl groups is 1. The highest BCUT2D eigenvalue weighted by atomic mass is 16.5. The van der Waals surface area contributed by atoms with Gasteiger partial charge in [-0.2, -0.15) is 0 Å². The van der Waals surface area contributed by atoms with E-state index < -0.39 is 90.2 Å². The number of esters is 1. The summed E-state index contributed by atoms with van der Waals surface area (Å²) in [5, 5.41) is 26.7. The normalized spacial score (nSPS) is 20.6. The number of unbranched alkanes of at least 4 members (excludes halogenated alkanes) is 8. The summed E-state index contributed by atoms with van der Waals surface area (Å²) in [7, 11) is 0. The van der Waals surface area contributed by atoms with Crippen molar-refractivity contribution in [2.75, 3.05) is 13.2 Å². The summed E-state index contributed by atoms with van der Waals surface area (Å²) >= 11 is 0. The molecular weight excluding hydrogens is 837 g/mol. The van der Waals surface area contributed by atoms with Crippen molar-refractivity contribution in [1.29, 1.82) is 0 Å². The minimum absolute atomic E-state index is 0.0189. The van der Waals surface area contributed by atoms with Gasteiger partial charge in [0.05, 0.1) is 6.61 Å². The lowest BCUT2D eigenvalue weighted by Crippen LogP contribution is -2.59. The van der Waals surface area contributed by atoms with E-state index in [0.29, 0.717) is 17.5 Å². The highest BCUT2D eigenvalue weighted by Gasteiger charge is 2.36. The van der Waals surface area contributed by atoms with Crippen molar-refractivity contribution < 1.29 is 48.2 Å². The van der Waals surface area contributed by atoms with Crippen molar-refractivity contribution >= 4 is 58.2 Å². The Bertz CT molecular complexity index is 2060. The van der Waals surface area contributed by atoms with Gasteiger partial charge in [-0.3, -0.25) is 33.6 Å². The molecule has 0 spiro atoms. The number of hydrogen-bond donors (Lipinski definition) is 9. The number of nitrogens with one attached hydrogen (secondary N) is 7. The van der Waals surface area contributed by atoms with Crippen molar-refractivity contribution in [2.45, 2.75) is 146 Å². The van der Waals surface area contributed by atoms with Gasteiger partial charge in [0.1, 0.15) is 36.3 Å². The molecule has 3 aromatic rings. The number of hydrogen-bond acceptors (Lipinski definition) is 10. The monoisotopic (exact) mass is 902 g/mol. The molecule has 2 aromatic carbocycles. The van der Waals surface area contributed by atoms with E-state index in [1.165, 1.54) is 32.6 Å². The maximum Gasteiger partial charge on any atom is 0.329 e. The van der Waals surface area contributed by atoms with Crippen molar-refractivity contribution in [3.63, 3.8) is 0 Å². The van der Waals surface area contributed by atoms with E-state index in [2.05, 4.69) is 43.8 Å². The van der Waals surface area contributed by atoms with E-state index in [-0.39, 0.29) is 45.1 Å². The summed E-state index contributed by atoms with van der Waals surface area (Å²) in [6, 6.07) is 8.84. The van der Waals surface area contributed by atoms with Gasteiger partial charge in [-0.05, 0) is 37.0 Å².